The van der Waals surface area contributed by atoms with Gasteiger partial charge in [-0.15, -0.1) is 0 Å². The molecule has 0 radical (unpaired) electrons. The van der Waals surface area contributed by atoms with Crippen LogP contribution in [-0.2, 0) is 13.6 Å². The smallest absolute Gasteiger partial charge is 0.191 e. The SMILES string of the molecule is CCNC(=NCc1nc2ccccc2n1C)NCC(c1ccccc1OC)N1CCCC1. The molecule has 1 aromatic heterocycles. The maximum absolute atomic E-state index is 5.68. The minimum absolute atomic E-state index is 0.230. The molecule has 0 bridgehead atoms. The Morgan fingerprint density at radius 1 is 1.09 bits per heavy atom. The van der Waals surface area contributed by atoms with E-state index in [4.69, 9.17) is 14.7 Å². The van der Waals surface area contributed by atoms with Gasteiger partial charge in [-0.2, -0.15) is 0 Å². The van der Waals surface area contributed by atoms with Crippen LogP contribution in [0.15, 0.2) is 53.5 Å². The molecule has 0 saturated carbocycles. The number of hydrogen-bond donors (Lipinski definition) is 2. The number of aryl methyl sites for hydroxylation is 1. The van der Waals surface area contributed by atoms with Crippen LogP contribution in [0.2, 0.25) is 0 Å². The number of imidazole rings is 1. The zero-order valence-electron chi connectivity index (χ0n) is 19.3. The topological polar surface area (TPSA) is 66.7 Å². The minimum atomic E-state index is 0.230. The van der Waals surface area contributed by atoms with Crippen LogP contribution < -0.4 is 15.4 Å². The lowest BCUT2D eigenvalue weighted by atomic mass is 10.0. The van der Waals surface area contributed by atoms with Crippen LogP contribution in [-0.4, -0.2) is 53.7 Å². The number of rotatable bonds is 8. The Bertz CT molecular complexity index is 1050. The second-order valence-corrected chi connectivity index (χ2v) is 8.15. The molecule has 1 saturated heterocycles. The molecule has 2 aromatic carbocycles. The number of ether oxygens (including phenoxy) is 1. The van der Waals surface area contributed by atoms with Crippen molar-refractivity contribution in [1.82, 2.24) is 25.1 Å². The van der Waals surface area contributed by atoms with Crippen LogP contribution in [0.4, 0.5) is 0 Å². The standard InChI is InChI=1S/C25H34N6O/c1-4-26-25(28-18-24-29-20-12-6-7-13-21(20)30(24)2)27-17-22(31-15-9-10-16-31)19-11-5-8-14-23(19)32-3/h5-8,11-14,22H,4,9-10,15-18H2,1-3H3,(H2,26,27,28). The molecule has 1 atom stereocenters. The van der Waals surface area contributed by atoms with Crippen molar-refractivity contribution in [2.75, 3.05) is 33.3 Å². The van der Waals surface area contributed by atoms with Gasteiger partial charge in [0.15, 0.2) is 5.96 Å². The molecular formula is C25H34N6O. The minimum Gasteiger partial charge on any atom is -0.496 e. The van der Waals surface area contributed by atoms with Gasteiger partial charge in [0, 0.05) is 25.7 Å². The third-order valence-electron chi connectivity index (χ3n) is 6.14. The fourth-order valence-corrected chi connectivity index (χ4v) is 4.45. The van der Waals surface area contributed by atoms with Crippen LogP contribution in [0.1, 0.15) is 37.2 Å². The highest BCUT2D eigenvalue weighted by atomic mass is 16.5. The van der Waals surface area contributed by atoms with Gasteiger partial charge < -0.3 is 19.9 Å². The van der Waals surface area contributed by atoms with E-state index in [9.17, 15) is 0 Å². The fraction of sp³-hybridized carbons (Fsp3) is 0.440. The van der Waals surface area contributed by atoms with Crippen molar-refractivity contribution in [2.24, 2.45) is 12.0 Å². The lowest BCUT2D eigenvalue weighted by Gasteiger charge is -2.30. The summed E-state index contributed by atoms with van der Waals surface area (Å²) in [6.45, 7) is 6.38. The van der Waals surface area contributed by atoms with Gasteiger partial charge in [0.05, 0.1) is 24.2 Å². The Labute approximate surface area is 190 Å². The number of nitrogens with zero attached hydrogens (tertiary/aromatic N) is 4. The predicted octanol–water partition coefficient (Wildman–Crippen LogP) is 3.47. The summed E-state index contributed by atoms with van der Waals surface area (Å²) in [4.78, 5) is 12.1. The lowest BCUT2D eigenvalue weighted by Crippen LogP contribution is -2.42. The van der Waals surface area contributed by atoms with E-state index in [-0.39, 0.29) is 6.04 Å². The Morgan fingerprint density at radius 3 is 2.59 bits per heavy atom. The Balaban J connectivity index is 1.52. The van der Waals surface area contributed by atoms with Crippen molar-refractivity contribution in [1.29, 1.82) is 0 Å². The molecule has 0 spiro atoms. The molecule has 2 heterocycles. The molecule has 4 rings (SSSR count). The number of nitrogens with one attached hydrogen (secondary N) is 2. The van der Waals surface area contributed by atoms with Crippen LogP contribution in [0.3, 0.4) is 0 Å². The highest BCUT2D eigenvalue weighted by molar-refractivity contribution is 5.80. The van der Waals surface area contributed by atoms with Crippen molar-refractivity contribution in [3.63, 3.8) is 0 Å². The number of likely N-dealkylation sites (tertiary alicyclic amines) is 1. The molecule has 170 valence electrons. The first-order valence-corrected chi connectivity index (χ1v) is 11.5. The largest absolute Gasteiger partial charge is 0.496 e. The third-order valence-corrected chi connectivity index (χ3v) is 6.14. The highest BCUT2D eigenvalue weighted by Gasteiger charge is 2.26. The van der Waals surface area contributed by atoms with Gasteiger partial charge in [-0.1, -0.05) is 30.3 Å². The lowest BCUT2D eigenvalue weighted by molar-refractivity contribution is 0.239. The Hall–Kier alpha value is -3.06. The van der Waals surface area contributed by atoms with Gasteiger partial charge in [0.2, 0.25) is 0 Å². The number of benzene rings is 2. The van der Waals surface area contributed by atoms with Crippen molar-refractivity contribution < 1.29 is 4.74 Å². The first-order valence-electron chi connectivity index (χ1n) is 11.5. The van der Waals surface area contributed by atoms with Crippen molar-refractivity contribution in [2.45, 2.75) is 32.4 Å². The first kappa shape index (κ1) is 22.1. The number of methoxy groups -OCH3 is 1. The van der Waals surface area contributed by atoms with E-state index in [0.717, 1.165) is 54.7 Å². The number of aliphatic imine (C=N–C) groups is 1. The number of guanidine groups is 1. The maximum Gasteiger partial charge on any atom is 0.191 e. The maximum atomic E-state index is 5.68. The predicted molar refractivity (Wildman–Crippen MR) is 130 cm³/mol. The molecule has 0 aliphatic carbocycles. The van der Waals surface area contributed by atoms with Gasteiger partial charge in [0.25, 0.3) is 0 Å². The molecule has 7 heteroatoms. The van der Waals surface area contributed by atoms with Crippen molar-refractivity contribution >= 4 is 17.0 Å². The van der Waals surface area contributed by atoms with E-state index < -0.39 is 0 Å². The van der Waals surface area contributed by atoms with Crippen LogP contribution in [0, 0.1) is 0 Å². The number of fused-ring (bicyclic) bond motifs is 1. The van der Waals surface area contributed by atoms with Gasteiger partial charge in [-0.05, 0) is 51.1 Å². The quantitative estimate of drug-likeness (QED) is 0.420. The summed E-state index contributed by atoms with van der Waals surface area (Å²) in [6, 6.07) is 16.8. The number of aromatic nitrogens is 2. The highest BCUT2D eigenvalue weighted by Crippen LogP contribution is 2.31. The molecule has 1 aliphatic heterocycles. The molecule has 7 nitrogen and oxygen atoms in total. The molecule has 1 fully saturated rings. The second kappa shape index (κ2) is 10.5. The monoisotopic (exact) mass is 434 g/mol. The number of hydrogen-bond acceptors (Lipinski definition) is 4. The van der Waals surface area contributed by atoms with E-state index >= 15 is 0 Å². The van der Waals surface area contributed by atoms with E-state index in [0.29, 0.717) is 6.54 Å². The zero-order chi connectivity index (χ0) is 22.3. The van der Waals surface area contributed by atoms with Gasteiger partial charge in [-0.3, -0.25) is 4.90 Å². The van der Waals surface area contributed by atoms with Crippen molar-refractivity contribution in [3.8, 4) is 5.75 Å². The summed E-state index contributed by atoms with van der Waals surface area (Å²) < 4.78 is 7.79. The van der Waals surface area contributed by atoms with Gasteiger partial charge >= 0.3 is 0 Å². The van der Waals surface area contributed by atoms with Crippen molar-refractivity contribution in [3.05, 3.63) is 59.9 Å². The summed E-state index contributed by atoms with van der Waals surface area (Å²) in [5.74, 6) is 2.69. The Morgan fingerprint density at radius 2 is 1.84 bits per heavy atom. The average molecular weight is 435 g/mol. The van der Waals surface area contributed by atoms with Gasteiger partial charge in [-0.25, -0.2) is 9.98 Å². The molecule has 2 N–H and O–H groups in total. The molecule has 0 amide bonds. The first-order chi connectivity index (χ1) is 15.7. The van der Waals surface area contributed by atoms with E-state index in [1.807, 2.05) is 37.4 Å². The number of para-hydroxylation sites is 3. The zero-order valence-corrected chi connectivity index (χ0v) is 19.3. The van der Waals surface area contributed by atoms with Crippen LogP contribution in [0.5, 0.6) is 5.75 Å². The molecule has 1 aliphatic rings. The molecule has 32 heavy (non-hydrogen) atoms. The summed E-state index contributed by atoms with van der Waals surface area (Å²) in [6.07, 6.45) is 2.49. The van der Waals surface area contributed by atoms with Crippen LogP contribution >= 0.6 is 0 Å². The Kier molecular flexibility index (Phi) is 7.27. The second-order valence-electron chi connectivity index (χ2n) is 8.15. The van der Waals surface area contributed by atoms with Crippen LogP contribution in [0.25, 0.3) is 11.0 Å². The summed E-state index contributed by atoms with van der Waals surface area (Å²) in [5.41, 5.74) is 3.35. The molecule has 3 aromatic rings. The summed E-state index contributed by atoms with van der Waals surface area (Å²) in [5, 5.41) is 6.96. The molecule has 1 unspecified atom stereocenters. The summed E-state index contributed by atoms with van der Waals surface area (Å²) >= 11 is 0. The van der Waals surface area contributed by atoms with E-state index in [1.54, 1.807) is 7.11 Å². The van der Waals surface area contributed by atoms with E-state index in [1.165, 1.54) is 18.4 Å². The fourth-order valence-electron chi connectivity index (χ4n) is 4.45. The third kappa shape index (κ3) is 4.88. The average Bonchev–Trinajstić information content (AvgIpc) is 3.46. The molecular weight excluding hydrogens is 400 g/mol. The van der Waals surface area contributed by atoms with Gasteiger partial charge in [0.1, 0.15) is 18.1 Å². The normalized spacial score (nSPS) is 15.8. The summed E-state index contributed by atoms with van der Waals surface area (Å²) in [7, 11) is 3.79. The van der Waals surface area contributed by atoms with E-state index in [2.05, 4.69) is 45.2 Å².